The molecule has 1 heterocycles. The third-order valence-corrected chi connectivity index (χ3v) is 8.65. The molecular formula is C36H69NO3. The molecule has 1 rings (SSSR count). The van der Waals surface area contributed by atoms with Crippen molar-refractivity contribution in [2.45, 2.75) is 194 Å². The van der Waals surface area contributed by atoms with Crippen LogP contribution in [0.2, 0.25) is 0 Å². The Kier molecular flexibility index (Phi) is 22.9. The van der Waals surface area contributed by atoms with Gasteiger partial charge in [-0.2, -0.15) is 0 Å². The van der Waals surface area contributed by atoms with Crippen LogP contribution in [0.25, 0.3) is 0 Å². The van der Waals surface area contributed by atoms with Crippen LogP contribution in [-0.2, 0) is 14.3 Å². The van der Waals surface area contributed by atoms with Crippen molar-refractivity contribution in [3.8, 4) is 0 Å². The van der Waals surface area contributed by atoms with E-state index < -0.39 is 0 Å². The molecule has 0 aromatic rings. The van der Waals surface area contributed by atoms with Gasteiger partial charge < -0.3 is 9.64 Å². The van der Waals surface area contributed by atoms with Crippen molar-refractivity contribution in [3.63, 3.8) is 0 Å². The minimum absolute atomic E-state index is 0.212. The maximum atomic E-state index is 12.7. The van der Waals surface area contributed by atoms with Gasteiger partial charge in [-0.15, -0.1) is 0 Å². The summed E-state index contributed by atoms with van der Waals surface area (Å²) in [5, 5.41) is 0. The fourth-order valence-corrected chi connectivity index (χ4v) is 6.13. The summed E-state index contributed by atoms with van der Waals surface area (Å²) < 4.78 is 5.80. The van der Waals surface area contributed by atoms with E-state index in [-0.39, 0.29) is 18.1 Å². The summed E-state index contributed by atoms with van der Waals surface area (Å²) in [7, 11) is 0. The zero-order valence-corrected chi connectivity index (χ0v) is 27.7. The largest absolute Gasteiger partial charge is 0.377 e. The van der Waals surface area contributed by atoms with Crippen molar-refractivity contribution < 1.29 is 14.3 Å². The fraction of sp³-hybridized carbons (Fsp3) is 0.944. The van der Waals surface area contributed by atoms with Gasteiger partial charge in [0.25, 0.3) is 0 Å². The molecule has 1 saturated heterocycles. The summed E-state index contributed by atoms with van der Waals surface area (Å²) in [5.41, 5.74) is 0. The number of carbonyl (C=O) groups is 2. The first-order chi connectivity index (χ1) is 19.3. The molecule has 0 radical (unpaired) electrons. The molecule has 0 bridgehead atoms. The number of rotatable bonds is 27. The molecule has 0 aliphatic carbocycles. The zero-order chi connectivity index (χ0) is 29.4. The number of amides is 1. The second-order valence-corrected chi connectivity index (χ2v) is 13.8. The molecule has 0 N–H and O–H groups in total. The van der Waals surface area contributed by atoms with Crippen LogP contribution in [0.4, 0.5) is 0 Å². The third-order valence-electron chi connectivity index (χ3n) is 8.65. The molecule has 4 heteroatoms. The standard InChI is InChI=1S/C36H69NO3/c1-31(2)24-20-16-14-12-10-8-6-7-9-11-13-15-17-21-25-35(38)26-22-18-19-23-27-36(39)37-29-33(5)28-34(37)30-40-32(3)4/h31-34H,6-30H2,1-5H3/t33-,34-/m0/s1. The second kappa shape index (κ2) is 24.7. The quantitative estimate of drug-likeness (QED) is 0.0934. The number of nitrogens with zero attached hydrogens (tertiary/aromatic N) is 1. The van der Waals surface area contributed by atoms with Crippen LogP contribution < -0.4 is 0 Å². The summed E-state index contributed by atoms with van der Waals surface area (Å²) >= 11 is 0. The Hall–Kier alpha value is -0.900. The van der Waals surface area contributed by atoms with E-state index in [0.29, 0.717) is 24.7 Å². The predicted octanol–water partition coefficient (Wildman–Crippen LogP) is 10.5. The lowest BCUT2D eigenvalue weighted by molar-refractivity contribution is -0.133. The molecule has 40 heavy (non-hydrogen) atoms. The van der Waals surface area contributed by atoms with E-state index in [0.717, 1.165) is 63.8 Å². The number of unbranched alkanes of at least 4 members (excludes halogenated alkanes) is 16. The molecule has 0 spiro atoms. The average molecular weight is 564 g/mol. The molecule has 0 unspecified atom stereocenters. The summed E-state index contributed by atoms with van der Waals surface area (Å²) in [6.07, 6.45) is 27.9. The van der Waals surface area contributed by atoms with Crippen LogP contribution in [0.3, 0.4) is 0 Å². The van der Waals surface area contributed by atoms with Crippen LogP contribution in [0.1, 0.15) is 182 Å². The zero-order valence-electron chi connectivity index (χ0n) is 27.7. The van der Waals surface area contributed by atoms with Crippen LogP contribution in [0, 0.1) is 11.8 Å². The first kappa shape index (κ1) is 37.1. The number of likely N-dealkylation sites (tertiary alicyclic amines) is 1. The predicted molar refractivity (Wildman–Crippen MR) is 172 cm³/mol. The van der Waals surface area contributed by atoms with Crippen molar-refractivity contribution >= 4 is 11.7 Å². The third kappa shape index (κ3) is 20.9. The molecule has 0 saturated carbocycles. The lowest BCUT2D eigenvalue weighted by atomic mass is 10.0. The highest BCUT2D eigenvalue weighted by Crippen LogP contribution is 2.25. The van der Waals surface area contributed by atoms with Crippen LogP contribution in [-0.4, -0.2) is 41.9 Å². The lowest BCUT2D eigenvalue weighted by Gasteiger charge is -2.25. The van der Waals surface area contributed by atoms with E-state index >= 15 is 0 Å². The van der Waals surface area contributed by atoms with E-state index in [1.165, 1.54) is 89.9 Å². The molecule has 0 aromatic heterocycles. The first-order valence-electron chi connectivity index (χ1n) is 17.7. The van der Waals surface area contributed by atoms with Gasteiger partial charge in [0.15, 0.2) is 0 Å². The van der Waals surface area contributed by atoms with Gasteiger partial charge in [-0.25, -0.2) is 0 Å². The lowest BCUT2D eigenvalue weighted by Crippen LogP contribution is -2.38. The Morgan fingerprint density at radius 2 is 1.07 bits per heavy atom. The van der Waals surface area contributed by atoms with Gasteiger partial charge in [0.1, 0.15) is 5.78 Å². The van der Waals surface area contributed by atoms with Gasteiger partial charge in [-0.1, -0.05) is 124 Å². The molecule has 0 aromatic carbocycles. The maximum absolute atomic E-state index is 12.7. The topological polar surface area (TPSA) is 46.6 Å². The van der Waals surface area contributed by atoms with E-state index in [9.17, 15) is 9.59 Å². The minimum atomic E-state index is 0.212. The number of ketones is 1. The summed E-state index contributed by atoms with van der Waals surface area (Å²) in [5.74, 6) is 2.16. The highest BCUT2D eigenvalue weighted by Gasteiger charge is 2.32. The van der Waals surface area contributed by atoms with Crippen LogP contribution >= 0.6 is 0 Å². The Labute approximate surface area is 250 Å². The molecule has 1 fully saturated rings. The average Bonchev–Trinajstić information content (AvgIpc) is 3.29. The maximum Gasteiger partial charge on any atom is 0.222 e. The van der Waals surface area contributed by atoms with Gasteiger partial charge in [0.05, 0.1) is 18.8 Å². The van der Waals surface area contributed by atoms with Crippen molar-refractivity contribution in [2.24, 2.45) is 11.8 Å². The molecule has 1 aliphatic rings. The van der Waals surface area contributed by atoms with Gasteiger partial charge in [0.2, 0.25) is 5.91 Å². The van der Waals surface area contributed by atoms with Gasteiger partial charge >= 0.3 is 0 Å². The molecular weight excluding hydrogens is 494 g/mol. The molecule has 1 amide bonds. The monoisotopic (exact) mass is 564 g/mol. The van der Waals surface area contributed by atoms with E-state index in [1.807, 2.05) is 0 Å². The van der Waals surface area contributed by atoms with Crippen LogP contribution in [0.5, 0.6) is 0 Å². The van der Waals surface area contributed by atoms with Gasteiger partial charge in [0, 0.05) is 25.8 Å². The fourth-order valence-electron chi connectivity index (χ4n) is 6.13. The normalized spacial score (nSPS) is 17.4. The number of ether oxygens (including phenoxy) is 1. The highest BCUT2D eigenvalue weighted by molar-refractivity contribution is 5.78. The highest BCUT2D eigenvalue weighted by atomic mass is 16.5. The number of hydrogen-bond acceptors (Lipinski definition) is 3. The molecule has 1 aliphatic heterocycles. The minimum Gasteiger partial charge on any atom is -0.377 e. The number of Topliss-reactive ketones (excluding diaryl/α,β-unsaturated/α-hetero) is 1. The van der Waals surface area contributed by atoms with Crippen molar-refractivity contribution in [1.29, 1.82) is 0 Å². The molecule has 236 valence electrons. The smallest absolute Gasteiger partial charge is 0.222 e. The van der Waals surface area contributed by atoms with E-state index in [2.05, 4.69) is 39.5 Å². The summed E-state index contributed by atoms with van der Waals surface area (Å²) in [4.78, 5) is 27.0. The Balaban J connectivity index is 1.86. The first-order valence-corrected chi connectivity index (χ1v) is 17.7. The second-order valence-electron chi connectivity index (χ2n) is 13.8. The Bertz CT molecular complexity index is 617. The Morgan fingerprint density at radius 1 is 0.650 bits per heavy atom. The summed E-state index contributed by atoms with van der Waals surface area (Å²) in [6, 6.07) is 0.247. The Morgan fingerprint density at radius 3 is 1.52 bits per heavy atom. The van der Waals surface area contributed by atoms with E-state index in [1.54, 1.807) is 0 Å². The number of hydrogen-bond donors (Lipinski definition) is 0. The SMILES string of the molecule is CC(C)CCCCCCCCCCCCCCCCC(=O)CCCCCCC(=O)N1C[C@@H](C)C[C@H]1COC(C)C. The van der Waals surface area contributed by atoms with E-state index in [4.69, 9.17) is 4.74 Å². The summed E-state index contributed by atoms with van der Waals surface area (Å²) in [6.45, 7) is 12.5. The van der Waals surface area contributed by atoms with Crippen molar-refractivity contribution in [2.75, 3.05) is 13.2 Å². The number of carbonyl (C=O) groups excluding carboxylic acids is 2. The van der Waals surface area contributed by atoms with Gasteiger partial charge in [-0.3, -0.25) is 9.59 Å². The van der Waals surface area contributed by atoms with Crippen LogP contribution in [0.15, 0.2) is 0 Å². The van der Waals surface area contributed by atoms with Gasteiger partial charge in [-0.05, 0) is 51.4 Å². The molecule has 4 nitrogen and oxygen atoms in total. The van der Waals surface area contributed by atoms with Crippen molar-refractivity contribution in [3.05, 3.63) is 0 Å². The molecule has 2 atom stereocenters. The van der Waals surface area contributed by atoms with Crippen molar-refractivity contribution in [1.82, 2.24) is 4.90 Å².